The van der Waals surface area contributed by atoms with Crippen LogP contribution in [0.25, 0.3) is 10.9 Å². The van der Waals surface area contributed by atoms with Crippen molar-refractivity contribution in [2.24, 2.45) is 0 Å². The Hall–Kier alpha value is -2.89. The predicted molar refractivity (Wildman–Crippen MR) is 88.9 cm³/mol. The molecule has 0 atom stereocenters. The molecule has 5 nitrogen and oxygen atoms in total. The minimum atomic E-state index is -0.314. The SMILES string of the molecule is Fc1ccc2ncnc(NCc3cccc4c3OCCCO4)c2c1. The van der Waals surface area contributed by atoms with Crippen molar-refractivity contribution in [1.29, 1.82) is 0 Å². The molecular weight excluding hydrogens is 309 g/mol. The van der Waals surface area contributed by atoms with Crippen molar-refractivity contribution in [2.75, 3.05) is 18.5 Å². The molecule has 1 aliphatic heterocycles. The first-order chi connectivity index (χ1) is 11.8. The normalized spacial score (nSPS) is 13.5. The lowest BCUT2D eigenvalue weighted by atomic mass is 10.1. The standard InChI is InChI=1S/C18H16FN3O2/c19-13-5-6-15-14(9-13)18(22-11-21-15)20-10-12-3-1-4-16-17(12)24-8-2-7-23-16/h1,3-6,9,11H,2,7-8,10H2,(H,20,21,22). The summed E-state index contributed by atoms with van der Waals surface area (Å²) in [5.74, 6) is 1.79. The van der Waals surface area contributed by atoms with Crippen LogP contribution in [0, 0.1) is 5.82 Å². The van der Waals surface area contributed by atoms with Crippen LogP contribution in [0.5, 0.6) is 11.5 Å². The summed E-state index contributed by atoms with van der Waals surface area (Å²) in [6, 6.07) is 10.3. The van der Waals surface area contributed by atoms with Crippen molar-refractivity contribution in [2.45, 2.75) is 13.0 Å². The summed E-state index contributed by atoms with van der Waals surface area (Å²) in [6.45, 7) is 1.78. The van der Waals surface area contributed by atoms with Gasteiger partial charge in [0.1, 0.15) is 18.0 Å². The summed E-state index contributed by atoms with van der Waals surface area (Å²) < 4.78 is 25.0. The maximum atomic E-state index is 13.5. The Labute approximate surface area is 138 Å². The summed E-state index contributed by atoms with van der Waals surface area (Å²) in [6.07, 6.45) is 2.32. The lowest BCUT2D eigenvalue weighted by Gasteiger charge is -2.14. The second-order valence-corrected chi connectivity index (χ2v) is 5.53. The molecule has 0 radical (unpaired) electrons. The van der Waals surface area contributed by atoms with E-state index in [9.17, 15) is 4.39 Å². The second kappa shape index (κ2) is 6.31. The molecule has 0 saturated carbocycles. The highest BCUT2D eigenvalue weighted by molar-refractivity contribution is 5.88. The first-order valence-electron chi connectivity index (χ1n) is 7.83. The van der Waals surface area contributed by atoms with E-state index >= 15 is 0 Å². The van der Waals surface area contributed by atoms with Gasteiger partial charge in [0, 0.05) is 23.9 Å². The summed E-state index contributed by atoms with van der Waals surface area (Å²) >= 11 is 0. The number of nitrogens with one attached hydrogen (secondary N) is 1. The minimum Gasteiger partial charge on any atom is -0.490 e. The number of nitrogens with zero attached hydrogens (tertiary/aromatic N) is 2. The van der Waals surface area contributed by atoms with E-state index in [0.29, 0.717) is 36.5 Å². The number of anilines is 1. The maximum Gasteiger partial charge on any atom is 0.166 e. The fraction of sp³-hybridized carbons (Fsp3) is 0.222. The summed E-state index contributed by atoms with van der Waals surface area (Å²) in [5, 5.41) is 3.90. The number of rotatable bonds is 3. The molecule has 0 aliphatic carbocycles. The van der Waals surface area contributed by atoms with Crippen molar-refractivity contribution in [3.63, 3.8) is 0 Å². The van der Waals surface area contributed by atoms with Gasteiger partial charge in [0.25, 0.3) is 0 Å². The number of ether oxygens (including phenoxy) is 2. The number of hydrogen-bond donors (Lipinski definition) is 1. The van der Waals surface area contributed by atoms with Crippen molar-refractivity contribution < 1.29 is 13.9 Å². The highest BCUT2D eigenvalue weighted by Crippen LogP contribution is 2.33. The number of aromatic nitrogens is 2. The molecule has 0 spiro atoms. The summed E-state index contributed by atoms with van der Waals surface area (Å²) in [4.78, 5) is 8.39. The number of hydrogen-bond acceptors (Lipinski definition) is 5. The Bertz CT molecular complexity index is 885. The Balaban J connectivity index is 1.63. The van der Waals surface area contributed by atoms with E-state index in [1.54, 1.807) is 6.07 Å². The van der Waals surface area contributed by atoms with E-state index in [1.165, 1.54) is 18.5 Å². The third-order valence-corrected chi connectivity index (χ3v) is 3.90. The molecule has 1 aromatic heterocycles. The average Bonchev–Trinajstić information content (AvgIpc) is 2.85. The van der Waals surface area contributed by atoms with Crippen LogP contribution >= 0.6 is 0 Å². The molecule has 1 N–H and O–H groups in total. The van der Waals surface area contributed by atoms with Gasteiger partial charge in [-0.2, -0.15) is 0 Å². The Kier molecular flexibility index (Phi) is 3.86. The molecule has 6 heteroatoms. The lowest BCUT2D eigenvalue weighted by molar-refractivity contribution is 0.296. The molecule has 0 fully saturated rings. The molecule has 2 aromatic carbocycles. The first-order valence-corrected chi connectivity index (χ1v) is 7.83. The van der Waals surface area contributed by atoms with E-state index in [2.05, 4.69) is 15.3 Å². The topological polar surface area (TPSA) is 56.3 Å². The van der Waals surface area contributed by atoms with Crippen molar-refractivity contribution >= 4 is 16.7 Å². The van der Waals surface area contributed by atoms with Gasteiger partial charge >= 0.3 is 0 Å². The summed E-state index contributed by atoms with van der Waals surface area (Å²) in [7, 11) is 0. The van der Waals surface area contributed by atoms with Crippen LogP contribution < -0.4 is 14.8 Å². The van der Waals surface area contributed by atoms with Gasteiger partial charge in [0.2, 0.25) is 0 Å². The second-order valence-electron chi connectivity index (χ2n) is 5.53. The van der Waals surface area contributed by atoms with E-state index < -0.39 is 0 Å². The van der Waals surface area contributed by atoms with Gasteiger partial charge in [-0.1, -0.05) is 12.1 Å². The fourth-order valence-corrected chi connectivity index (χ4v) is 2.74. The summed E-state index contributed by atoms with van der Waals surface area (Å²) in [5.41, 5.74) is 1.66. The molecule has 0 amide bonds. The molecule has 24 heavy (non-hydrogen) atoms. The Morgan fingerprint density at radius 3 is 2.96 bits per heavy atom. The van der Waals surface area contributed by atoms with Crippen LogP contribution in [0.4, 0.5) is 10.2 Å². The number of halogens is 1. The van der Waals surface area contributed by atoms with Gasteiger partial charge < -0.3 is 14.8 Å². The van der Waals surface area contributed by atoms with Gasteiger partial charge in [-0.3, -0.25) is 0 Å². The predicted octanol–water partition coefficient (Wildman–Crippen LogP) is 3.54. The van der Waals surface area contributed by atoms with Gasteiger partial charge in [0.05, 0.1) is 18.7 Å². The van der Waals surface area contributed by atoms with Crippen LogP contribution in [0.1, 0.15) is 12.0 Å². The van der Waals surface area contributed by atoms with Crippen molar-refractivity contribution in [3.8, 4) is 11.5 Å². The van der Waals surface area contributed by atoms with Gasteiger partial charge in [-0.05, 0) is 24.3 Å². The largest absolute Gasteiger partial charge is 0.490 e. The van der Waals surface area contributed by atoms with E-state index in [-0.39, 0.29) is 5.82 Å². The molecule has 1 aliphatic rings. The molecular formula is C18H16FN3O2. The van der Waals surface area contributed by atoms with Crippen molar-refractivity contribution in [1.82, 2.24) is 9.97 Å². The molecule has 122 valence electrons. The van der Waals surface area contributed by atoms with E-state index in [1.807, 2.05) is 18.2 Å². The van der Waals surface area contributed by atoms with Gasteiger partial charge in [0.15, 0.2) is 11.5 Å². The van der Waals surface area contributed by atoms with E-state index in [0.717, 1.165) is 23.5 Å². The Morgan fingerprint density at radius 1 is 1.08 bits per heavy atom. The quantitative estimate of drug-likeness (QED) is 0.798. The van der Waals surface area contributed by atoms with Crippen LogP contribution in [-0.4, -0.2) is 23.2 Å². The molecule has 4 rings (SSSR count). The third kappa shape index (κ3) is 2.82. The third-order valence-electron chi connectivity index (χ3n) is 3.90. The van der Waals surface area contributed by atoms with Crippen LogP contribution in [0.3, 0.4) is 0 Å². The zero-order valence-corrected chi connectivity index (χ0v) is 13.0. The smallest absolute Gasteiger partial charge is 0.166 e. The minimum absolute atomic E-state index is 0.314. The van der Waals surface area contributed by atoms with Crippen LogP contribution in [0.2, 0.25) is 0 Å². The number of para-hydroxylation sites is 1. The number of fused-ring (bicyclic) bond motifs is 2. The highest BCUT2D eigenvalue weighted by Gasteiger charge is 2.14. The highest BCUT2D eigenvalue weighted by atomic mass is 19.1. The monoisotopic (exact) mass is 325 g/mol. The fourth-order valence-electron chi connectivity index (χ4n) is 2.74. The zero-order valence-electron chi connectivity index (χ0n) is 13.0. The Morgan fingerprint density at radius 2 is 2.00 bits per heavy atom. The van der Waals surface area contributed by atoms with Crippen LogP contribution in [-0.2, 0) is 6.54 Å². The molecule has 3 aromatic rings. The van der Waals surface area contributed by atoms with E-state index in [4.69, 9.17) is 9.47 Å². The maximum absolute atomic E-state index is 13.5. The molecule has 2 heterocycles. The van der Waals surface area contributed by atoms with Crippen LogP contribution in [0.15, 0.2) is 42.7 Å². The van der Waals surface area contributed by atoms with Gasteiger partial charge in [-0.15, -0.1) is 0 Å². The lowest BCUT2D eigenvalue weighted by Crippen LogP contribution is -2.05. The average molecular weight is 325 g/mol. The molecule has 0 saturated heterocycles. The molecule has 0 unspecified atom stereocenters. The van der Waals surface area contributed by atoms with Crippen molar-refractivity contribution in [3.05, 3.63) is 54.1 Å². The van der Waals surface area contributed by atoms with Gasteiger partial charge in [-0.25, -0.2) is 14.4 Å². The first kappa shape index (κ1) is 14.7. The number of benzene rings is 2. The molecule has 0 bridgehead atoms. The zero-order chi connectivity index (χ0) is 16.4.